The van der Waals surface area contributed by atoms with Gasteiger partial charge in [-0.05, 0) is 0 Å². The van der Waals surface area contributed by atoms with Crippen molar-refractivity contribution in [3.63, 3.8) is 0 Å². The fourth-order valence-electron chi connectivity index (χ4n) is 0.925. The molecule has 0 amide bonds. The number of carbonyl (C=O) groups excluding carboxylic acids is 2. The van der Waals surface area contributed by atoms with Crippen LogP contribution in [0.1, 0.15) is 13.8 Å². The average molecular weight is 170 g/mol. The summed E-state index contributed by atoms with van der Waals surface area (Å²) in [6.45, 7) is 3.15. The first-order chi connectivity index (χ1) is 5.54. The van der Waals surface area contributed by atoms with E-state index in [1.807, 2.05) is 0 Å². The molecule has 1 N–H and O–H groups in total. The number of rotatable bonds is 1. The largest absolute Gasteiger partial charge is 0.511 e. The number of Topliss-reactive ketones (excluding diaryl/α,β-unsaturated/α-hetero) is 1. The van der Waals surface area contributed by atoms with Gasteiger partial charge in [-0.2, -0.15) is 0 Å². The number of hydrogen-bond donors (Lipinski definition) is 1. The highest BCUT2D eigenvalue weighted by molar-refractivity contribution is 6.22. The fraction of sp³-hybridized carbons (Fsp3) is 0.500. The van der Waals surface area contributed by atoms with Crippen molar-refractivity contribution in [1.82, 2.24) is 0 Å². The molecule has 0 aromatic heterocycles. The Morgan fingerprint density at radius 2 is 2.08 bits per heavy atom. The fourth-order valence-corrected chi connectivity index (χ4v) is 0.925. The van der Waals surface area contributed by atoms with Crippen LogP contribution in [0.5, 0.6) is 0 Å². The lowest BCUT2D eigenvalue weighted by Gasteiger charge is -2.03. The molecule has 0 unspecified atom stereocenters. The molecule has 1 heterocycles. The standard InChI is InChI=1S/C8H10O4/c1-4(2)7(10)6-5(9)3-12-8(6)11/h4,10H,3H2,1-2H3/b7-6-. The first-order valence-electron chi connectivity index (χ1n) is 3.67. The third kappa shape index (κ3) is 1.32. The predicted molar refractivity (Wildman–Crippen MR) is 40.5 cm³/mol. The lowest BCUT2D eigenvalue weighted by atomic mass is 10.1. The molecule has 0 bridgehead atoms. The SMILES string of the molecule is CC(C)/C(O)=C1\C(=O)COC1=O. The normalized spacial score (nSPS) is 21.6. The number of aliphatic hydroxyl groups excluding tert-OH is 1. The van der Waals surface area contributed by atoms with Crippen LogP contribution in [-0.2, 0) is 14.3 Å². The topological polar surface area (TPSA) is 63.6 Å². The highest BCUT2D eigenvalue weighted by Crippen LogP contribution is 2.18. The van der Waals surface area contributed by atoms with E-state index in [-0.39, 0.29) is 23.9 Å². The summed E-state index contributed by atoms with van der Waals surface area (Å²) in [5.41, 5.74) is -0.190. The molecule has 0 aliphatic carbocycles. The van der Waals surface area contributed by atoms with Crippen LogP contribution in [0, 0.1) is 5.92 Å². The Labute approximate surface area is 69.8 Å². The molecule has 66 valence electrons. The Balaban J connectivity index is 3.06. The molecule has 1 fully saturated rings. The van der Waals surface area contributed by atoms with Gasteiger partial charge in [0.25, 0.3) is 0 Å². The van der Waals surface area contributed by atoms with E-state index < -0.39 is 11.8 Å². The maximum atomic E-state index is 11.0. The summed E-state index contributed by atoms with van der Waals surface area (Å²) in [7, 11) is 0. The smallest absolute Gasteiger partial charge is 0.345 e. The Bertz CT molecular complexity index is 244. The van der Waals surface area contributed by atoms with Gasteiger partial charge in [-0.3, -0.25) is 4.79 Å². The Morgan fingerprint density at radius 1 is 1.50 bits per heavy atom. The maximum Gasteiger partial charge on any atom is 0.345 e. The van der Waals surface area contributed by atoms with Crippen LogP contribution < -0.4 is 0 Å². The Morgan fingerprint density at radius 3 is 2.42 bits per heavy atom. The summed E-state index contributed by atoms with van der Waals surface area (Å²) in [5.74, 6) is -1.56. The van der Waals surface area contributed by atoms with Crippen molar-refractivity contribution in [2.75, 3.05) is 6.61 Å². The van der Waals surface area contributed by atoms with Gasteiger partial charge in [0.1, 0.15) is 11.3 Å². The van der Waals surface area contributed by atoms with Crippen LogP contribution in [-0.4, -0.2) is 23.5 Å². The monoisotopic (exact) mass is 170 g/mol. The van der Waals surface area contributed by atoms with Crippen molar-refractivity contribution in [1.29, 1.82) is 0 Å². The molecule has 1 rings (SSSR count). The van der Waals surface area contributed by atoms with Crippen molar-refractivity contribution in [2.24, 2.45) is 5.92 Å². The van der Waals surface area contributed by atoms with Crippen molar-refractivity contribution in [3.05, 3.63) is 11.3 Å². The van der Waals surface area contributed by atoms with E-state index in [4.69, 9.17) is 0 Å². The molecular weight excluding hydrogens is 160 g/mol. The van der Waals surface area contributed by atoms with E-state index >= 15 is 0 Å². The highest BCUT2D eigenvalue weighted by Gasteiger charge is 2.32. The molecule has 0 saturated carbocycles. The van der Waals surface area contributed by atoms with Gasteiger partial charge in [0.05, 0.1) is 0 Å². The van der Waals surface area contributed by atoms with Gasteiger partial charge < -0.3 is 9.84 Å². The molecule has 1 aliphatic heterocycles. The molecule has 0 atom stereocenters. The maximum absolute atomic E-state index is 11.0. The summed E-state index contributed by atoms with van der Waals surface area (Å²) in [4.78, 5) is 21.8. The second-order valence-corrected chi connectivity index (χ2v) is 2.91. The van der Waals surface area contributed by atoms with Gasteiger partial charge in [-0.15, -0.1) is 0 Å². The van der Waals surface area contributed by atoms with Crippen LogP contribution in [0.15, 0.2) is 11.3 Å². The number of hydrogen-bond acceptors (Lipinski definition) is 4. The van der Waals surface area contributed by atoms with E-state index in [0.29, 0.717) is 0 Å². The number of esters is 1. The number of ether oxygens (including phenoxy) is 1. The van der Waals surface area contributed by atoms with Crippen molar-refractivity contribution in [2.45, 2.75) is 13.8 Å². The summed E-state index contributed by atoms with van der Waals surface area (Å²) in [6, 6.07) is 0. The van der Waals surface area contributed by atoms with Crippen LogP contribution in [0.3, 0.4) is 0 Å². The molecule has 0 aromatic rings. The second kappa shape index (κ2) is 2.97. The van der Waals surface area contributed by atoms with Gasteiger partial charge in [0.15, 0.2) is 6.61 Å². The minimum Gasteiger partial charge on any atom is -0.511 e. The number of cyclic esters (lactones) is 1. The quantitative estimate of drug-likeness (QED) is 0.270. The third-order valence-corrected chi connectivity index (χ3v) is 1.62. The molecule has 0 radical (unpaired) electrons. The van der Waals surface area contributed by atoms with Gasteiger partial charge >= 0.3 is 5.97 Å². The van der Waals surface area contributed by atoms with E-state index in [9.17, 15) is 14.7 Å². The average Bonchev–Trinajstić information content (AvgIpc) is 2.30. The summed E-state index contributed by atoms with van der Waals surface area (Å²) in [5, 5.41) is 9.33. The van der Waals surface area contributed by atoms with Crippen LogP contribution in [0.4, 0.5) is 0 Å². The summed E-state index contributed by atoms with van der Waals surface area (Å²) >= 11 is 0. The van der Waals surface area contributed by atoms with Crippen LogP contribution >= 0.6 is 0 Å². The van der Waals surface area contributed by atoms with Gasteiger partial charge in [0.2, 0.25) is 5.78 Å². The summed E-state index contributed by atoms with van der Waals surface area (Å²) < 4.78 is 4.44. The first-order valence-corrected chi connectivity index (χ1v) is 3.67. The van der Waals surface area contributed by atoms with E-state index in [1.165, 1.54) is 0 Å². The van der Waals surface area contributed by atoms with E-state index in [0.717, 1.165) is 0 Å². The number of allylic oxidation sites excluding steroid dienone is 1. The van der Waals surface area contributed by atoms with Crippen LogP contribution in [0.25, 0.3) is 0 Å². The molecule has 1 aliphatic rings. The Hall–Kier alpha value is -1.32. The molecule has 1 saturated heterocycles. The minimum absolute atomic E-state index is 0.178. The van der Waals surface area contributed by atoms with Crippen molar-refractivity contribution in [3.8, 4) is 0 Å². The zero-order valence-corrected chi connectivity index (χ0v) is 6.96. The lowest BCUT2D eigenvalue weighted by Crippen LogP contribution is -2.09. The molecule has 0 spiro atoms. The zero-order chi connectivity index (χ0) is 9.30. The molecule has 0 aromatic carbocycles. The number of ketones is 1. The van der Waals surface area contributed by atoms with E-state index in [2.05, 4.69) is 4.74 Å². The predicted octanol–water partition coefficient (Wildman–Crippen LogP) is 0.580. The number of carbonyl (C=O) groups is 2. The van der Waals surface area contributed by atoms with Gasteiger partial charge in [-0.1, -0.05) is 13.8 Å². The molecular formula is C8H10O4. The molecule has 4 heteroatoms. The highest BCUT2D eigenvalue weighted by atomic mass is 16.5. The van der Waals surface area contributed by atoms with Crippen molar-refractivity contribution >= 4 is 11.8 Å². The zero-order valence-electron chi connectivity index (χ0n) is 6.96. The van der Waals surface area contributed by atoms with E-state index in [1.54, 1.807) is 13.8 Å². The molecule has 4 nitrogen and oxygen atoms in total. The van der Waals surface area contributed by atoms with Gasteiger partial charge in [0, 0.05) is 5.92 Å². The van der Waals surface area contributed by atoms with Gasteiger partial charge in [-0.25, -0.2) is 4.79 Å². The second-order valence-electron chi connectivity index (χ2n) is 2.91. The Kier molecular flexibility index (Phi) is 2.17. The molecule has 12 heavy (non-hydrogen) atoms. The van der Waals surface area contributed by atoms with Crippen LogP contribution in [0.2, 0.25) is 0 Å². The minimum atomic E-state index is -0.716. The first kappa shape index (κ1) is 8.77. The number of aliphatic hydroxyl groups is 1. The third-order valence-electron chi connectivity index (χ3n) is 1.62. The lowest BCUT2D eigenvalue weighted by molar-refractivity contribution is -0.135. The summed E-state index contributed by atoms with van der Waals surface area (Å²) in [6.07, 6.45) is 0. The van der Waals surface area contributed by atoms with Crippen molar-refractivity contribution < 1.29 is 19.4 Å².